The van der Waals surface area contributed by atoms with Gasteiger partial charge in [0.2, 0.25) is 5.95 Å². The Morgan fingerprint density at radius 1 is 1.47 bits per heavy atom. The molecule has 6 radical (unpaired) electrons. The van der Waals surface area contributed by atoms with Crippen molar-refractivity contribution in [3.8, 4) is 0 Å². The first-order chi connectivity index (χ1) is 8.85. The zero-order chi connectivity index (χ0) is 14.0. The number of nitrogen functional groups attached to an aromatic ring is 1. The van der Waals surface area contributed by atoms with E-state index < -0.39 is 17.6 Å². The van der Waals surface area contributed by atoms with Crippen LogP contribution in [0.3, 0.4) is 0 Å². The van der Waals surface area contributed by atoms with E-state index in [-0.39, 0.29) is 6.54 Å². The van der Waals surface area contributed by atoms with Crippen LogP contribution in [0.5, 0.6) is 0 Å². The Kier molecular flexibility index (Phi) is 4.03. The molecule has 0 spiro atoms. The molecule has 0 aromatic carbocycles. The predicted octanol–water partition coefficient (Wildman–Crippen LogP) is -0.891. The minimum Gasteiger partial charge on any atom is -0.396 e. The second-order valence-electron chi connectivity index (χ2n) is 4.54. The van der Waals surface area contributed by atoms with Crippen LogP contribution in [0.2, 0.25) is 0 Å². The molecule has 1 fully saturated rings. The van der Waals surface area contributed by atoms with Gasteiger partial charge in [-0.25, -0.2) is 9.37 Å². The molecule has 1 aliphatic rings. The Morgan fingerprint density at radius 3 is 2.79 bits per heavy atom. The Morgan fingerprint density at radius 2 is 2.21 bits per heavy atom. The number of hydrogen-bond donors (Lipinski definition) is 1. The van der Waals surface area contributed by atoms with Crippen LogP contribution in [0.25, 0.3) is 0 Å². The molecule has 0 amide bonds. The molecule has 2 rings (SSSR count). The van der Waals surface area contributed by atoms with E-state index in [0.717, 1.165) is 0 Å². The molecule has 94 valence electrons. The molecule has 1 aliphatic heterocycles. The number of nitrogens with zero attached hydrogens (tertiary/aromatic N) is 3. The Bertz CT molecular complexity index is 445. The molecule has 2 N–H and O–H groups in total. The molecule has 9 heteroatoms. The topological polar surface area (TPSA) is 64.3 Å². The van der Waals surface area contributed by atoms with Gasteiger partial charge in [-0.15, -0.1) is 0 Å². The Balaban J connectivity index is 2.00. The standard InChI is InChI=1S/C10H12B3FN4O/c11-10(12,13)19-7-2-4-18(5-6(7)14)9-16-3-1-8(15)17-9/h1,3,6-7H,2,4-5H2,(H2,15,16,17). The lowest BCUT2D eigenvalue weighted by Gasteiger charge is -2.38. The molecule has 2 heterocycles. The van der Waals surface area contributed by atoms with Gasteiger partial charge in [-0.1, -0.05) is 0 Å². The summed E-state index contributed by atoms with van der Waals surface area (Å²) in [5.41, 5.74) is 5.56. The summed E-state index contributed by atoms with van der Waals surface area (Å²) in [4.78, 5) is 9.78. The monoisotopic (exact) mass is 256 g/mol. The summed E-state index contributed by atoms with van der Waals surface area (Å²) >= 11 is 0. The molecule has 2 unspecified atom stereocenters. The fourth-order valence-corrected chi connectivity index (χ4v) is 1.97. The number of rotatable bonds is 3. The van der Waals surface area contributed by atoms with Crippen LogP contribution in [0, 0.1) is 0 Å². The highest BCUT2D eigenvalue weighted by Crippen LogP contribution is 2.22. The van der Waals surface area contributed by atoms with E-state index in [1.165, 1.54) is 6.20 Å². The van der Waals surface area contributed by atoms with Gasteiger partial charge >= 0.3 is 0 Å². The molecule has 1 saturated heterocycles. The van der Waals surface area contributed by atoms with Crippen molar-refractivity contribution in [2.45, 2.75) is 24.0 Å². The summed E-state index contributed by atoms with van der Waals surface area (Å²) in [5.74, 6) is 0.726. The predicted molar refractivity (Wildman–Crippen MR) is 73.0 cm³/mol. The molecule has 0 bridgehead atoms. The first-order valence-electron chi connectivity index (χ1n) is 5.87. The fourth-order valence-electron chi connectivity index (χ4n) is 1.97. The van der Waals surface area contributed by atoms with Crippen LogP contribution >= 0.6 is 0 Å². The summed E-state index contributed by atoms with van der Waals surface area (Å²) in [7, 11) is 15.9. The highest BCUT2D eigenvalue weighted by atomic mass is 19.1. The van der Waals surface area contributed by atoms with Crippen LogP contribution in [-0.2, 0) is 4.74 Å². The number of ether oxygens (including phenoxy) is 1. The number of anilines is 2. The van der Waals surface area contributed by atoms with Gasteiger partial charge in [0.1, 0.15) is 12.0 Å². The molecule has 0 aliphatic carbocycles. The van der Waals surface area contributed by atoms with Gasteiger partial charge in [0.25, 0.3) is 0 Å². The van der Waals surface area contributed by atoms with Gasteiger partial charge in [0.15, 0.2) is 0 Å². The zero-order valence-electron chi connectivity index (χ0n) is 10.4. The maximum atomic E-state index is 14.0. The second-order valence-corrected chi connectivity index (χ2v) is 4.54. The average Bonchev–Trinajstić information content (AvgIpc) is 2.30. The van der Waals surface area contributed by atoms with E-state index in [1.54, 1.807) is 11.0 Å². The maximum absolute atomic E-state index is 14.0. The third-order valence-electron chi connectivity index (χ3n) is 2.78. The van der Waals surface area contributed by atoms with Gasteiger partial charge in [0.05, 0.1) is 36.2 Å². The minimum absolute atomic E-state index is 0.0736. The van der Waals surface area contributed by atoms with E-state index in [0.29, 0.717) is 24.7 Å². The van der Waals surface area contributed by atoms with E-state index in [9.17, 15) is 4.39 Å². The van der Waals surface area contributed by atoms with Crippen molar-refractivity contribution in [3.05, 3.63) is 12.3 Å². The Hall–Kier alpha value is -1.24. The largest absolute Gasteiger partial charge is 0.396 e. The maximum Gasteiger partial charge on any atom is 0.227 e. The molecular weight excluding hydrogens is 244 g/mol. The van der Waals surface area contributed by atoms with Gasteiger partial charge < -0.3 is 15.4 Å². The molecule has 5 nitrogen and oxygen atoms in total. The number of aromatic nitrogens is 2. The highest BCUT2D eigenvalue weighted by molar-refractivity contribution is 6.58. The summed E-state index contributed by atoms with van der Waals surface area (Å²) in [5, 5.41) is -1.83. The van der Waals surface area contributed by atoms with Crippen molar-refractivity contribution in [1.29, 1.82) is 0 Å². The van der Waals surface area contributed by atoms with E-state index in [4.69, 9.17) is 34.0 Å². The van der Waals surface area contributed by atoms with Gasteiger partial charge in [0, 0.05) is 12.7 Å². The summed E-state index contributed by atoms with van der Waals surface area (Å²) in [6, 6.07) is 1.57. The number of hydrogen-bond acceptors (Lipinski definition) is 5. The van der Waals surface area contributed by atoms with Crippen LogP contribution < -0.4 is 10.6 Å². The number of piperidine rings is 1. The molecule has 1 aromatic rings. The second kappa shape index (κ2) is 5.40. The van der Waals surface area contributed by atoms with Crippen molar-refractivity contribution in [2.24, 2.45) is 0 Å². The van der Waals surface area contributed by atoms with Crippen LogP contribution in [0.4, 0.5) is 16.2 Å². The average molecular weight is 256 g/mol. The van der Waals surface area contributed by atoms with Crippen molar-refractivity contribution < 1.29 is 9.13 Å². The molecular formula is C10H12B3FN4O. The van der Waals surface area contributed by atoms with Crippen molar-refractivity contribution >= 4 is 35.3 Å². The van der Waals surface area contributed by atoms with Crippen molar-refractivity contribution in [2.75, 3.05) is 23.7 Å². The molecule has 1 aromatic heterocycles. The van der Waals surface area contributed by atoms with Gasteiger partial charge in [-0.3, -0.25) is 0 Å². The van der Waals surface area contributed by atoms with E-state index in [2.05, 4.69) is 9.97 Å². The number of alkyl halides is 1. The minimum atomic E-state index is -1.83. The smallest absolute Gasteiger partial charge is 0.227 e. The quantitative estimate of drug-likeness (QED) is 0.710. The number of halogens is 1. The Labute approximate surface area is 115 Å². The summed E-state index contributed by atoms with van der Waals surface area (Å²) < 4.78 is 19.1. The van der Waals surface area contributed by atoms with E-state index >= 15 is 0 Å². The SMILES string of the molecule is [B]C([B])([B])OC1CCN(c2nccc(N)n2)CC1F. The normalized spacial score (nSPS) is 24.4. The first-order valence-corrected chi connectivity index (χ1v) is 5.87. The van der Waals surface area contributed by atoms with Gasteiger partial charge in [-0.2, -0.15) is 4.98 Å². The van der Waals surface area contributed by atoms with Gasteiger partial charge in [-0.05, 0) is 17.8 Å². The first kappa shape index (κ1) is 14.2. The van der Waals surface area contributed by atoms with Crippen molar-refractivity contribution in [3.63, 3.8) is 0 Å². The van der Waals surface area contributed by atoms with E-state index in [1.807, 2.05) is 0 Å². The molecule has 0 saturated carbocycles. The molecule has 19 heavy (non-hydrogen) atoms. The summed E-state index contributed by atoms with van der Waals surface area (Å²) in [6.45, 7) is 0.578. The van der Waals surface area contributed by atoms with Crippen LogP contribution in [0.15, 0.2) is 12.3 Å². The lowest BCUT2D eigenvalue weighted by molar-refractivity contribution is -0.0185. The van der Waals surface area contributed by atoms with Crippen LogP contribution in [0.1, 0.15) is 6.42 Å². The lowest BCUT2D eigenvalue weighted by Crippen LogP contribution is -2.50. The third-order valence-corrected chi connectivity index (χ3v) is 2.78. The van der Waals surface area contributed by atoms with Crippen molar-refractivity contribution in [1.82, 2.24) is 9.97 Å². The number of nitrogens with two attached hydrogens (primary N) is 1. The third kappa shape index (κ3) is 3.86. The molecule has 2 atom stereocenters. The zero-order valence-corrected chi connectivity index (χ0v) is 10.4. The summed E-state index contributed by atoms with van der Waals surface area (Å²) in [6.07, 6.45) is -0.115. The van der Waals surface area contributed by atoms with Crippen LogP contribution in [-0.4, -0.2) is 64.2 Å². The lowest BCUT2D eigenvalue weighted by atomic mass is 9.52. The highest BCUT2D eigenvalue weighted by Gasteiger charge is 2.33. The fraction of sp³-hybridized carbons (Fsp3) is 0.600.